The van der Waals surface area contributed by atoms with E-state index >= 15 is 0 Å². The van der Waals surface area contributed by atoms with Crippen LogP contribution in [-0.2, 0) is 14.3 Å². The summed E-state index contributed by atoms with van der Waals surface area (Å²) in [6.45, 7) is 6.79. The molecule has 0 spiro atoms. The van der Waals surface area contributed by atoms with E-state index in [-0.39, 0.29) is 0 Å². The lowest BCUT2D eigenvalue weighted by molar-refractivity contribution is -0.142. The van der Waals surface area contributed by atoms with Gasteiger partial charge in [0.05, 0.1) is 0 Å². The molecule has 0 bridgehead atoms. The van der Waals surface area contributed by atoms with Crippen molar-refractivity contribution in [3.05, 3.63) is 0 Å². The molecule has 0 rings (SSSR count). The van der Waals surface area contributed by atoms with Crippen molar-refractivity contribution >= 4 is 18.0 Å². The molecule has 0 saturated heterocycles. The maximum Gasteiger partial charge on any atom is 0.408 e. The second-order valence-electron chi connectivity index (χ2n) is 7.80. The largest absolute Gasteiger partial charge is 0.480 e. The van der Waals surface area contributed by atoms with E-state index in [0.717, 1.165) is 25.9 Å². The standard InChI is InChI=1S/C19H38N4O5/c1-19(2,3)28-18(27)23-14(10-6-8-12-20-4)16(24)22-15(17(25)26)11-7-9-13-21-5/h14-15,20-21H,6-13H2,1-5H3,(H,22,24)(H,23,27)(H,25,26). The Hall–Kier alpha value is -1.87. The molecule has 5 N–H and O–H groups in total. The van der Waals surface area contributed by atoms with E-state index in [0.29, 0.717) is 25.7 Å². The van der Waals surface area contributed by atoms with Crippen molar-refractivity contribution in [2.45, 2.75) is 77.0 Å². The second-order valence-corrected chi connectivity index (χ2v) is 7.80. The molecule has 164 valence electrons. The fraction of sp³-hybridized carbons (Fsp3) is 0.842. The maximum absolute atomic E-state index is 12.6. The summed E-state index contributed by atoms with van der Waals surface area (Å²) in [7, 11) is 3.67. The van der Waals surface area contributed by atoms with Gasteiger partial charge in [0, 0.05) is 0 Å². The highest BCUT2D eigenvalue weighted by Gasteiger charge is 2.27. The number of amides is 2. The number of unbranched alkanes of at least 4 members (excludes halogenated alkanes) is 2. The first-order chi connectivity index (χ1) is 13.1. The predicted octanol–water partition coefficient (Wildman–Crippen LogP) is 1.23. The number of carboxylic acid groups (broad SMARTS) is 1. The van der Waals surface area contributed by atoms with Gasteiger partial charge in [-0.2, -0.15) is 0 Å². The first-order valence-electron chi connectivity index (χ1n) is 9.92. The van der Waals surface area contributed by atoms with E-state index in [1.165, 1.54) is 0 Å². The van der Waals surface area contributed by atoms with E-state index in [9.17, 15) is 19.5 Å². The Kier molecular flexibility index (Phi) is 13.2. The maximum atomic E-state index is 12.6. The lowest BCUT2D eigenvalue weighted by Crippen LogP contribution is -2.52. The zero-order valence-corrected chi connectivity index (χ0v) is 17.9. The van der Waals surface area contributed by atoms with Gasteiger partial charge < -0.3 is 31.1 Å². The van der Waals surface area contributed by atoms with Crippen LogP contribution in [0.4, 0.5) is 4.79 Å². The molecule has 0 radical (unpaired) electrons. The number of ether oxygens (including phenoxy) is 1. The van der Waals surface area contributed by atoms with Crippen LogP contribution in [0.1, 0.15) is 59.3 Å². The van der Waals surface area contributed by atoms with Crippen LogP contribution < -0.4 is 21.3 Å². The summed E-state index contributed by atoms with van der Waals surface area (Å²) in [4.78, 5) is 36.2. The molecule has 0 aromatic rings. The summed E-state index contributed by atoms with van der Waals surface area (Å²) in [6.07, 6.45) is 3.07. The molecular formula is C19H38N4O5. The molecule has 9 heteroatoms. The number of alkyl carbamates (subject to hydrolysis) is 1. The molecule has 0 aromatic carbocycles. The molecule has 0 aliphatic heterocycles. The summed E-state index contributed by atoms with van der Waals surface area (Å²) in [6, 6.07) is -1.82. The number of hydrogen-bond acceptors (Lipinski definition) is 6. The molecule has 2 atom stereocenters. The van der Waals surface area contributed by atoms with Gasteiger partial charge >= 0.3 is 12.1 Å². The third-order valence-corrected chi connectivity index (χ3v) is 3.96. The van der Waals surface area contributed by atoms with Gasteiger partial charge in [0.1, 0.15) is 17.7 Å². The van der Waals surface area contributed by atoms with E-state index in [1.54, 1.807) is 20.8 Å². The fourth-order valence-corrected chi connectivity index (χ4v) is 2.55. The molecule has 2 amide bonds. The number of aliphatic carboxylic acids is 1. The Morgan fingerprint density at radius 3 is 1.79 bits per heavy atom. The van der Waals surface area contributed by atoms with Crippen LogP contribution in [0.5, 0.6) is 0 Å². The highest BCUT2D eigenvalue weighted by molar-refractivity contribution is 5.89. The Morgan fingerprint density at radius 2 is 1.36 bits per heavy atom. The fourth-order valence-electron chi connectivity index (χ4n) is 2.55. The van der Waals surface area contributed by atoms with Crippen molar-refractivity contribution in [3.8, 4) is 0 Å². The lowest BCUT2D eigenvalue weighted by Gasteiger charge is -2.24. The molecule has 0 saturated carbocycles. The summed E-state index contributed by atoms with van der Waals surface area (Å²) in [5.41, 5.74) is -0.686. The first-order valence-corrected chi connectivity index (χ1v) is 9.92. The minimum atomic E-state index is -1.08. The van der Waals surface area contributed by atoms with E-state index in [2.05, 4.69) is 21.3 Å². The van der Waals surface area contributed by atoms with Crippen LogP contribution in [-0.4, -0.2) is 67.9 Å². The van der Waals surface area contributed by atoms with Gasteiger partial charge in [-0.25, -0.2) is 9.59 Å². The molecule has 0 aromatic heterocycles. The van der Waals surface area contributed by atoms with Gasteiger partial charge in [0.25, 0.3) is 0 Å². The van der Waals surface area contributed by atoms with Crippen LogP contribution >= 0.6 is 0 Å². The molecule has 9 nitrogen and oxygen atoms in total. The Morgan fingerprint density at radius 1 is 0.857 bits per heavy atom. The van der Waals surface area contributed by atoms with Crippen molar-refractivity contribution in [1.29, 1.82) is 0 Å². The smallest absolute Gasteiger partial charge is 0.408 e. The number of rotatable bonds is 14. The zero-order valence-electron chi connectivity index (χ0n) is 17.9. The zero-order chi connectivity index (χ0) is 21.6. The second kappa shape index (κ2) is 14.2. The molecular weight excluding hydrogens is 364 g/mol. The number of carboxylic acids is 1. The molecule has 0 heterocycles. The van der Waals surface area contributed by atoms with Crippen LogP contribution in [0.15, 0.2) is 0 Å². The summed E-state index contributed by atoms with van der Waals surface area (Å²) in [5, 5.41) is 20.6. The minimum absolute atomic E-state index is 0.335. The van der Waals surface area contributed by atoms with Gasteiger partial charge in [0.15, 0.2) is 0 Å². The van der Waals surface area contributed by atoms with Gasteiger partial charge in [0.2, 0.25) is 5.91 Å². The molecule has 28 heavy (non-hydrogen) atoms. The van der Waals surface area contributed by atoms with E-state index < -0.39 is 35.7 Å². The monoisotopic (exact) mass is 402 g/mol. The summed E-state index contributed by atoms with van der Waals surface area (Å²) < 4.78 is 5.22. The third kappa shape index (κ3) is 13.3. The van der Waals surface area contributed by atoms with E-state index in [1.807, 2.05) is 14.1 Å². The highest BCUT2D eigenvalue weighted by Crippen LogP contribution is 2.09. The average molecular weight is 403 g/mol. The number of carbonyl (C=O) groups excluding carboxylic acids is 2. The lowest BCUT2D eigenvalue weighted by atomic mass is 10.1. The molecule has 0 aliphatic carbocycles. The number of nitrogens with one attached hydrogen (secondary N) is 4. The Labute approximate surface area is 168 Å². The van der Waals surface area contributed by atoms with Gasteiger partial charge in [-0.05, 0) is 86.5 Å². The van der Waals surface area contributed by atoms with Crippen molar-refractivity contribution in [2.24, 2.45) is 0 Å². The van der Waals surface area contributed by atoms with Gasteiger partial charge in [-0.1, -0.05) is 0 Å². The van der Waals surface area contributed by atoms with E-state index in [4.69, 9.17) is 4.74 Å². The Bertz CT molecular complexity index is 479. The highest BCUT2D eigenvalue weighted by atomic mass is 16.6. The first kappa shape index (κ1) is 26.1. The molecule has 2 unspecified atom stereocenters. The van der Waals surface area contributed by atoms with Gasteiger partial charge in [-0.15, -0.1) is 0 Å². The Balaban J connectivity index is 4.88. The van der Waals surface area contributed by atoms with Crippen molar-refractivity contribution in [3.63, 3.8) is 0 Å². The van der Waals surface area contributed by atoms with Crippen molar-refractivity contribution in [1.82, 2.24) is 21.3 Å². The predicted molar refractivity (Wildman–Crippen MR) is 108 cm³/mol. The third-order valence-electron chi connectivity index (χ3n) is 3.96. The quantitative estimate of drug-likeness (QED) is 0.276. The topological polar surface area (TPSA) is 129 Å². The van der Waals surface area contributed by atoms with Gasteiger partial charge in [-0.3, -0.25) is 4.79 Å². The average Bonchev–Trinajstić information content (AvgIpc) is 2.58. The SMILES string of the molecule is CNCCCCC(NC(=O)C(CCCCNC)NC(=O)OC(C)(C)C)C(=O)O. The number of carbonyl (C=O) groups is 3. The normalized spacial score (nSPS) is 13.5. The summed E-state index contributed by atoms with van der Waals surface area (Å²) in [5.74, 6) is -1.58. The van der Waals surface area contributed by atoms with Crippen LogP contribution in [0, 0.1) is 0 Å². The number of hydrogen-bond donors (Lipinski definition) is 5. The van der Waals surface area contributed by atoms with Crippen LogP contribution in [0.3, 0.4) is 0 Å². The molecule has 0 fully saturated rings. The van der Waals surface area contributed by atoms with Crippen LogP contribution in [0.25, 0.3) is 0 Å². The van der Waals surface area contributed by atoms with Crippen molar-refractivity contribution in [2.75, 3.05) is 27.2 Å². The minimum Gasteiger partial charge on any atom is -0.480 e. The summed E-state index contributed by atoms with van der Waals surface area (Å²) >= 11 is 0. The van der Waals surface area contributed by atoms with Crippen molar-refractivity contribution < 1.29 is 24.2 Å². The molecule has 0 aliphatic rings. The van der Waals surface area contributed by atoms with Crippen LogP contribution in [0.2, 0.25) is 0 Å².